The van der Waals surface area contributed by atoms with Crippen molar-refractivity contribution in [1.82, 2.24) is 0 Å². The van der Waals surface area contributed by atoms with Gasteiger partial charge in [0.1, 0.15) is 5.75 Å². The second-order valence-corrected chi connectivity index (χ2v) is 3.55. The lowest BCUT2D eigenvalue weighted by Crippen LogP contribution is -1.85. The molecule has 15 heavy (non-hydrogen) atoms. The molecule has 1 radical (unpaired) electrons. The van der Waals surface area contributed by atoms with Gasteiger partial charge in [-0.15, -0.1) is 0 Å². The largest absolute Gasteiger partial charge is 0.496 e. The van der Waals surface area contributed by atoms with Gasteiger partial charge in [-0.2, -0.15) is 0 Å². The molecular formula is C14H19O. The second kappa shape index (κ2) is 7.10. The maximum atomic E-state index is 5.24. The van der Waals surface area contributed by atoms with Crippen molar-refractivity contribution in [2.75, 3.05) is 7.11 Å². The Morgan fingerprint density at radius 2 is 2.27 bits per heavy atom. The van der Waals surface area contributed by atoms with Crippen molar-refractivity contribution in [3.63, 3.8) is 0 Å². The van der Waals surface area contributed by atoms with Gasteiger partial charge in [0.15, 0.2) is 0 Å². The van der Waals surface area contributed by atoms with E-state index in [1.54, 1.807) is 7.11 Å². The normalized spacial score (nSPS) is 10.8. The van der Waals surface area contributed by atoms with Gasteiger partial charge in [0.2, 0.25) is 0 Å². The van der Waals surface area contributed by atoms with Gasteiger partial charge < -0.3 is 4.74 Å². The molecule has 1 rings (SSSR count). The highest BCUT2D eigenvalue weighted by molar-refractivity contribution is 5.56. The molecule has 0 aliphatic rings. The first-order chi connectivity index (χ1) is 7.38. The zero-order valence-corrected chi connectivity index (χ0v) is 9.62. The lowest BCUT2D eigenvalue weighted by molar-refractivity contribution is 0.413. The van der Waals surface area contributed by atoms with Crippen molar-refractivity contribution in [3.05, 3.63) is 35.9 Å². The zero-order valence-electron chi connectivity index (χ0n) is 9.62. The van der Waals surface area contributed by atoms with Crippen LogP contribution in [0.4, 0.5) is 0 Å². The molecule has 0 atom stereocenters. The van der Waals surface area contributed by atoms with Crippen LogP contribution in [-0.2, 0) is 0 Å². The number of rotatable bonds is 6. The van der Waals surface area contributed by atoms with Gasteiger partial charge in [0.05, 0.1) is 7.11 Å². The maximum Gasteiger partial charge on any atom is 0.126 e. The summed E-state index contributed by atoms with van der Waals surface area (Å²) in [5.41, 5.74) is 1.04. The van der Waals surface area contributed by atoms with Crippen LogP contribution in [0.2, 0.25) is 0 Å². The predicted octanol–water partition coefficient (Wildman–Crippen LogP) is 4.09. The van der Waals surface area contributed by atoms with Gasteiger partial charge in [-0.3, -0.25) is 0 Å². The number of hydrogen-bond donors (Lipinski definition) is 0. The van der Waals surface area contributed by atoms with Crippen molar-refractivity contribution < 1.29 is 4.74 Å². The van der Waals surface area contributed by atoms with Crippen LogP contribution in [0.15, 0.2) is 24.3 Å². The minimum atomic E-state index is 0.893. The number of methoxy groups -OCH3 is 1. The van der Waals surface area contributed by atoms with Crippen LogP contribution >= 0.6 is 0 Å². The van der Waals surface area contributed by atoms with Gasteiger partial charge in [0, 0.05) is 5.56 Å². The Balaban J connectivity index is 2.48. The van der Waals surface area contributed by atoms with Crippen molar-refractivity contribution >= 4 is 6.08 Å². The Morgan fingerprint density at radius 1 is 1.40 bits per heavy atom. The Bertz CT molecular complexity index is 302. The third-order valence-electron chi connectivity index (χ3n) is 2.33. The van der Waals surface area contributed by atoms with E-state index in [0.29, 0.717) is 0 Å². The maximum absolute atomic E-state index is 5.24. The summed E-state index contributed by atoms with van der Waals surface area (Å²) in [4.78, 5) is 0. The molecule has 0 N–H and O–H groups in total. The molecule has 0 fully saturated rings. The van der Waals surface area contributed by atoms with Crippen molar-refractivity contribution in [3.8, 4) is 5.75 Å². The van der Waals surface area contributed by atoms with Gasteiger partial charge in [-0.1, -0.05) is 44.1 Å². The first-order valence-electron chi connectivity index (χ1n) is 5.59. The summed E-state index contributed by atoms with van der Waals surface area (Å²) in [6.07, 6.45) is 9.27. The third-order valence-corrected chi connectivity index (χ3v) is 2.33. The summed E-state index contributed by atoms with van der Waals surface area (Å²) in [7, 11) is 1.69. The van der Waals surface area contributed by atoms with Crippen LogP contribution in [0.25, 0.3) is 6.08 Å². The molecule has 0 spiro atoms. The number of hydrogen-bond acceptors (Lipinski definition) is 1. The highest BCUT2D eigenvalue weighted by Crippen LogP contribution is 2.18. The first kappa shape index (κ1) is 11.8. The minimum Gasteiger partial charge on any atom is -0.496 e. The molecule has 1 nitrogen and oxygen atoms in total. The summed E-state index contributed by atoms with van der Waals surface area (Å²) >= 11 is 0. The fourth-order valence-corrected chi connectivity index (χ4v) is 1.46. The van der Waals surface area contributed by atoms with E-state index in [4.69, 9.17) is 4.74 Å². The minimum absolute atomic E-state index is 0.893. The van der Waals surface area contributed by atoms with Crippen molar-refractivity contribution in [2.24, 2.45) is 0 Å². The lowest BCUT2D eigenvalue weighted by Gasteiger charge is -2.02. The molecule has 0 amide bonds. The molecule has 1 heteroatoms. The van der Waals surface area contributed by atoms with Crippen molar-refractivity contribution in [1.29, 1.82) is 0 Å². The average Bonchev–Trinajstić information content (AvgIpc) is 2.29. The Kier molecular flexibility index (Phi) is 5.60. The highest BCUT2D eigenvalue weighted by Gasteiger charge is 1.95. The van der Waals surface area contributed by atoms with E-state index in [1.807, 2.05) is 18.2 Å². The molecule has 1 aromatic carbocycles. The average molecular weight is 203 g/mol. The van der Waals surface area contributed by atoms with Gasteiger partial charge >= 0.3 is 0 Å². The highest BCUT2D eigenvalue weighted by atomic mass is 16.5. The third kappa shape index (κ3) is 4.20. The van der Waals surface area contributed by atoms with E-state index < -0.39 is 0 Å². The van der Waals surface area contributed by atoms with Crippen LogP contribution in [0.1, 0.15) is 38.2 Å². The smallest absolute Gasteiger partial charge is 0.126 e. The number of benzene rings is 1. The monoisotopic (exact) mass is 203 g/mol. The van der Waals surface area contributed by atoms with E-state index in [1.165, 1.54) is 19.3 Å². The molecule has 0 aliphatic heterocycles. The number of ether oxygens (including phenoxy) is 1. The van der Waals surface area contributed by atoms with Crippen LogP contribution in [0.5, 0.6) is 5.75 Å². The van der Waals surface area contributed by atoms with Crippen LogP contribution in [0.3, 0.4) is 0 Å². The molecule has 81 valence electrons. The van der Waals surface area contributed by atoms with Crippen LogP contribution in [0, 0.1) is 6.07 Å². The van der Waals surface area contributed by atoms with Gasteiger partial charge in [0.25, 0.3) is 0 Å². The number of allylic oxidation sites excluding steroid dienone is 1. The molecule has 0 saturated heterocycles. The summed E-state index contributed by atoms with van der Waals surface area (Å²) in [5.74, 6) is 0.893. The molecule has 0 aromatic heterocycles. The van der Waals surface area contributed by atoms with Gasteiger partial charge in [-0.05, 0) is 25.0 Å². The lowest BCUT2D eigenvalue weighted by atomic mass is 10.1. The molecule has 0 bridgehead atoms. The predicted molar refractivity (Wildman–Crippen MR) is 65.0 cm³/mol. The molecule has 0 unspecified atom stereocenters. The summed E-state index contributed by atoms with van der Waals surface area (Å²) in [5, 5.41) is 0. The Morgan fingerprint density at radius 3 is 3.00 bits per heavy atom. The summed E-state index contributed by atoms with van der Waals surface area (Å²) in [6.45, 7) is 2.22. The SMILES string of the molecule is CCCCC/C=C/c1[c]cccc1OC. The molecule has 0 saturated carbocycles. The molecule has 0 heterocycles. The Labute approximate surface area is 92.8 Å². The van der Waals surface area contributed by atoms with E-state index in [9.17, 15) is 0 Å². The fraction of sp³-hybridized carbons (Fsp3) is 0.429. The molecule has 1 aromatic rings. The first-order valence-corrected chi connectivity index (χ1v) is 5.59. The standard InChI is InChI=1S/C14H19O/c1-3-4-5-6-7-10-13-11-8-9-12-14(13)15-2/h7-10,12H,3-6H2,1-2H3/b10-7+. The molecular weight excluding hydrogens is 184 g/mol. The van der Waals surface area contributed by atoms with E-state index in [0.717, 1.165) is 17.7 Å². The molecule has 0 aliphatic carbocycles. The Hall–Kier alpha value is -1.24. The summed E-state index contributed by atoms with van der Waals surface area (Å²) in [6, 6.07) is 8.98. The summed E-state index contributed by atoms with van der Waals surface area (Å²) < 4.78 is 5.24. The van der Waals surface area contributed by atoms with E-state index in [-0.39, 0.29) is 0 Å². The van der Waals surface area contributed by atoms with Crippen molar-refractivity contribution in [2.45, 2.75) is 32.6 Å². The van der Waals surface area contributed by atoms with Gasteiger partial charge in [-0.25, -0.2) is 0 Å². The quantitative estimate of drug-likeness (QED) is 0.633. The second-order valence-electron chi connectivity index (χ2n) is 3.55. The fourth-order valence-electron chi connectivity index (χ4n) is 1.46. The van der Waals surface area contributed by atoms with E-state index >= 15 is 0 Å². The zero-order chi connectivity index (χ0) is 10.9. The van der Waals surface area contributed by atoms with Crippen LogP contribution in [-0.4, -0.2) is 7.11 Å². The van der Waals surface area contributed by atoms with Crippen LogP contribution < -0.4 is 4.74 Å². The van der Waals surface area contributed by atoms with E-state index in [2.05, 4.69) is 25.1 Å². The number of unbranched alkanes of at least 4 members (excludes halogenated alkanes) is 3. The topological polar surface area (TPSA) is 9.23 Å².